The quantitative estimate of drug-likeness (QED) is 0.306. The fourth-order valence-electron chi connectivity index (χ4n) is 3.87. The third-order valence-corrected chi connectivity index (χ3v) is 6.22. The van der Waals surface area contributed by atoms with Crippen LogP contribution in [-0.2, 0) is 19.1 Å². The maximum atomic E-state index is 14.3. The van der Waals surface area contributed by atoms with E-state index in [1.54, 1.807) is 32.9 Å². The fraction of sp³-hybridized carbons (Fsp3) is 0.586. The highest BCUT2D eigenvalue weighted by Crippen LogP contribution is 2.33. The Morgan fingerprint density at radius 2 is 1.79 bits per heavy atom. The SMILES string of the molecule is C=Cc1cccc(C(C(=O)NCCCC)N(C(=O)C(CCC(N)=O)NC(=O)OC(C)(C)C)C(C)(C)CC)c1. The summed E-state index contributed by atoms with van der Waals surface area (Å²) in [5, 5.41) is 5.58. The lowest BCUT2D eigenvalue weighted by Crippen LogP contribution is -2.59. The summed E-state index contributed by atoms with van der Waals surface area (Å²) in [7, 11) is 0. The molecule has 9 nitrogen and oxygen atoms in total. The van der Waals surface area contributed by atoms with E-state index in [0.717, 1.165) is 18.4 Å². The average molecular weight is 531 g/mol. The zero-order valence-corrected chi connectivity index (χ0v) is 24.1. The molecule has 0 aliphatic rings. The molecule has 1 rings (SSSR count). The lowest BCUT2D eigenvalue weighted by atomic mass is 9.91. The Labute approximate surface area is 227 Å². The van der Waals surface area contributed by atoms with Gasteiger partial charge in [0.2, 0.25) is 17.7 Å². The normalized spacial score (nSPS) is 13.1. The summed E-state index contributed by atoms with van der Waals surface area (Å²) in [6, 6.07) is 5.15. The van der Waals surface area contributed by atoms with Crippen molar-refractivity contribution in [2.24, 2.45) is 5.73 Å². The van der Waals surface area contributed by atoms with Gasteiger partial charge >= 0.3 is 6.09 Å². The van der Waals surface area contributed by atoms with E-state index in [1.807, 2.05) is 45.9 Å². The van der Waals surface area contributed by atoms with E-state index < -0.39 is 41.1 Å². The second-order valence-corrected chi connectivity index (χ2v) is 11.0. The minimum absolute atomic E-state index is 0.0411. The molecular weight excluding hydrogens is 484 g/mol. The van der Waals surface area contributed by atoms with Gasteiger partial charge in [0.05, 0.1) is 0 Å². The van der Waals surface area contributed by atoms with E-state index in [4.69, 9.17) is 10.5 Å². The molecule has 0 aromatic heterocycles. The van der Waals surface area contributed by atoms with E-state index in [-0.39, 0.29) is 18.7 Å². The summed E-state index contributed by atoms with van der Waals surface area (Å²) < 4.78 is 5.38. The molecule has 0 saturated carbocycles. The maximum absolute atomic E-state index is 14.3. The molecule has 1 aromatic carbocycles. The molecule has 9 heteroatoms. The van der Waals surface area contributed by atoms with Gasteiger partial charge in [-0.1, -0.05) is 51.1 Å². The number of nitrogens with two attached hydrogens (primary N) is 1. The van der Waals surface area contributed by atoms with Gasteiger partial charge in [0.15, 0.2) is 0 Å². The molecular formula is C29H46N4O5. The smallest absolute Gasteiger partial charge is 0.408 e. The number of nitrogens with zero attached hydrogens (tertiary/aromatic N) is 1. The first-order valence-electron chi connectivity index (χ1n) is 13.3. The predicted molar refractivity (Wildman–Crippen MR) is 150 cm³/mol. The van der Waals surface area contributed by atoms with Gasteiger partial charge < -0.3 is 26.0 Å². The molecule has 0 heterocycles. The maximum Gasteiger partial charge on any atom is 0.408 e. The molecule has 212 valence electrons. The standard InChI is InChI=1S/C29H46N4O5/c1-9-12-18-31-25(35)24(21-15-13-14-20(10-2)19-21)33(29(7,8)11-3)26(36)22(16-17-23(30)34)32-27(37)38-28(4,5)6/h10,13-15,19,22,24H,2,9,11-12,16-18H2,1,3-8H3,(H2,30,34)(H,31,35)(H,32,37). The molecule has 38 heavy (non-hydrogen) atoms. The van der Waals surface area contributed by atoms with Gasteiger partial charge in [0.1, 0.15) is 17.7 Å². The van der Waals surface area contributed by atoms with Gasteiger partial charge in [-0.2, -0.15) is 0 Å². The number of carbonyl (C=O) groups is 4. The van der Waals surface area contributed by atoms with Crippen molar-refractivity contribution in [2.75, 3.05) is 6.54 Å². The van der Waals surface area contributed by atoms with E-state index >= 15 is 0 Å². The highest BCUT2D eigenvalue weighted by molar-refractivity contribution is 5.93. The first kappa shape index (κ1) is 32.7. The molecule has 0 fully saturated rings. The fourth-order valence-corrected chi connectivity index (χ4v) is 3.87. The number of ether oxygens (including phenoxy) is 1. The number of primary amides is 1. The van der Waals surface area contributed by atoms with Gasteiger partial charge in [0.25, 0.3) is 0 Å². The van der Waals surface area contributed by atoms with Crippen molar-refractivity contribution in [2.45, 2.75) is 104 Å². The van der Waals surface area contributed by atoms with Crippen LogP contribution in [0.3, 0.4) is 0 Å². The minimum Gasteiger partial charge on any atom is -0.444 e. The molecule has 0 aliphatic heterocycles. The van der Waals surface area contributed by atoms with E-state index in [9.17, 15) is 19.2 Å². The van der Waals surface area contributed by atoms with E-state index in [0.29, 0.717) is 18.5 Å². The third kappa shape index (κ3) is 10.2. The summed E-state index contributed by atoms with van der Waals surface area (Å²) >= 11 is 0. The van der Waals surface area contributed by atoms with Gasteiger partial charge in [-0.3, -0.25) is 14.4 Å². The van der Waals surface area contributed by atoms with Crippen LogP contribution in [0.5, 0.6) is 0 Å². The van der Waals surface area contributed by atoms with Gasteiger partial charge in [0, 0.05) is 18.5 Å². The molecule has 0 radical (unpaired) electrons. The largest absolute Gasteiger partial charge is 0.444 e. The van der Waals surface area contributed by atoms with Crippen molar-refractivity contribution in [1.82, 2.24) is 15.5 Å². The monoisotopic (exact) mass is 530 g/mol. The van der Waals surface area contributed by atoms with Gasteiger partial charge in [-0.15, -0.1) is 0 Å². The molecule has 0 bridgehead atoms. The van der Waals surface area contributed by atoms with Crippen LogP contribution in [0.2, 0.25) is 0 Å². The predicted octanol–water partition coefficient (Wildman–Crippen LogP) is 4.46. The number of rotatable bonds is 14. The van der Waals surface area contributed by atoms with Crippen molar-refractivity contribution < 1.29 is 23.9 Å². The molecule has 4 amide bonds. The molecule has 0 aliphatic carbocycles. The molecule has 2 unspecified atom stereocenters. The number of hydrogen-bond donors (Lipinski definition) is 3. The number of amides is 4. The topological polar surface area (TPSA) is 131 Å². The number of unbranched alkanes of at least 4 members (excludes halogenated alkanes) is 1. The lowest BCUT2D eigenvalue weighted by molar-refractivity contribution is -0.149. The number of hydrogen-bond acceptors (Lipinski definition) is 5. The van der Waals surface area contributed by atoms with Crippen LogP contribution < -0.4 is 16.4 Å². The van der Waals surface area contributed by atoms with Crippen molar-refractivity contribution in [3.05, 3.63) is 42.0 Å². The minimum atomic E-state index is -1.14. The van der Waals surface area contributed by atoms with Crippen LogP contribution in [0.4, 0.5) is 4.79 Å². The number of nitrogens with one attached hydrogen (secondary N) is 2. The lowest BCUT2D eigenvalue weighted by Gasteiger charge is -2.44. The van der Waals surface area contributed by atoms with Crippen LogP contribution in [0, 0.1) is 0 Å². The summed E-state index contributed by atoms with van der Waals surface area (Å²) in [5.74, 6) is -1.45. The Kier molecular flexibility index (Phi) is 12.5. The first-order valence-corrected chi connectivity index (χ1v) is 13.3. The number of carbonyl (C=O) groups excluding carboxylic acids is 4. The Hall–Kier alpha value is -3.36. The summed E-state index contributed by atoms with van der Waals surface area (Å²) in [6.07, 6.45) is 2.91. The average Bonchev–Trinajstić information content (AvgIpc) is 2.83. The Morgan fingerprint density at radius 1 is 1.13 bits per heavy atom. The van der Waals surface area contributed by atoms with Crippen LogP contribution in [0.1, 0.15) is 97.7 Å². The first-order chi connectivity index (χ1) is 17.7. The van der Waals surface area contributed by atoms with Crippen LogP contribution in [0.25, 0.3) is 6.08 Å². The van der Waals surface area contributed by atoms with Crippen molar-refractivity contribution in [1.29, 1.82) is 0 Å². The van der Waals surface area contributed by atoms with Crippen molar-refractivity contribution in [3.63, 3.8) is 0 Å². The van der Waals surface area contributed by atoms with Crippen molar-refractivity contribution >= 4 is 29.9 Å². The zero-order valence-electron chi connectivity index (χ0n) is 24.1. The van der Waals surface area contributed by atoms with Crippen LogP contribution >= 0.6 is 0 Å². The Morgan fingerprint density at radius 3 is 2.32 bits per heavy atom. The third-order valence-electron chi connectivity index (χ3n) is 6.22. The highest BCUT2D eigenvalue weighted by atomic mass is 16.6. The zero-order chi connectivity index (χ0) is 29.1. The van der Waals surface area contributed by atoms with Crippen molar-refractivity contribution in [3.8, 4) is 0 Å². The summed E-state index contributed by atoms with van der Waals surface area (Å²) in [4.78, 5) is 53.8. The molecule has 4 N–H and O–H groups in total. The second-order valence-electron chi connectivity index (χ2n) is 11.0. The van der Waals surface area contributed by atoms with Gasteiger partial charge in [-0.25, -0.2) is 4.79 Å². The van der Waals surface area contributed by atoms with E-state index in [2.05, 4.69) is 17.2 Å². The van der Waals surface area contributed by atoms with Crippen LogP contribution in [-0.4, -0.2) is 52.4 Å². The van der Waals surface area contributed by atoms with E-state index in [1.165, 1.54) is 4.90 Å². The molecule has 0 spiro atoms. The number of alkyl carbamates (subject to hydrolysis) is 1. The Balaban J connectivity index is 3.66. The molecule has 1 aromatic rings. The summed E-state index contributed by atoms with van der Waals surface area (Å²) in [5.41, 5.74) is 5.19. The van der Waals surface area contributed by atoms with Crippen LogP contribution in [0.15, 0.2) is 30.8 Å². The summed E-state index contributed by atoms with van der Waals surface area (Å²) in [6.45, 7) is 17.1. The van der Waals surface area contributed by atoms with Gasteiger partial charge in [-0.05, 0) is 71.1 Å². The Bertz CT molecular complexity index is 983. The second kappa shape index (κ2) is 14.5. The molecule has 0 saturated heterocycles. The molecule has 2 atom stereocenters. The number of benzene rings is 1. The highest BCUT2D eigenvalue weighted by Gasteiger charge is 2.43.